The predicted molar refractivity (Wildman–Crippen MR) is 96.8 cm³/mol. The standard InChI is InChI=1S/C18H18BrNO5/c1-23-15-6-3-5-14(11-15)20-17(21)12-25-18(22)8-9-24-16-7-2-4-13(19)10-16/h2-7,10-11H,8-9,12H2,1H3,(H,20,21). The van der Waals surface area contributed by atoms with Crippen LogP contribution < -0.4 is 14.8 Å². The molecule has 1 amide bonds. The molecule has 25 heavy (non-hydrogen) atoms. The van der Waals surface area contributed by atoms with Crippen molar-refractivity contribution in [1.29, 1.82) is 0 Å². The van der Waals surface area contributed by atoms with Gasteiger partial charge >= 0.3 is 5.97 Å². The summed E-state index contributed by atoms with van der Waals surface area (Å²) in [4.78, 5) is 23.4. The van der Waals surface area contributed by atoms with Gasteiger partial charge in [0.2, 0.25) is 0 Å². The summed E-state index contributed by atoms with van der Waals surface area (Å²) in [5, 5.41) is 2.63. The molecule has 0 spiro atoms. The maximum Gasteiger partial charge on any atom is 0.309 e. The van der Waals surface area contributed by atoms with Crippen molar-refractivity contribution in [1.82, 2.24) is 0 Å². The average Bonchev–Trinajstić information content (AvgIpc) is 2.60. The maximum absolute atomic E-state index is 11.8. The number of carbonyl (C=O) groups excluding carboxylic acids is 2. The van der Waals surface area contributed by atoms with E-state index in [-0.39, 0.29) is 19.6 Å². The van der Waals surface area contributed by atoms with Crippen molar-refractivity contribution in [3.05, 3.63) is 53.0 Å². The van der Waals surface area contributed by atoms with Crippen LogP contribution in [-0.2, 0) is 14.3 Å². The zero-order valence-corrected chi connectivity index (χ0v) is 15.2. The molecule has 0 fully saturated rings. The van der Waals surface area contributed by atoms with Gasteiger partial charge in [0.15, 0.2) is 6.61 Å². The Morgan fingerprint density at radius 2 is 1.84 bits per heavy atom. The smallest absolute Gasteiger partial charge is 0.309 e. The second kappa shape index (κ2) is 9.68. The lowest BCUT2D eigenvalue weighted by Crippen LogP contribution is -2.21. The average molecular weight is 408 g/mol. The first-order valence-electron chi connectivity index (χ1n) is 7.55. The minimum Gasteiger partial charge on any atom is -0.497 e. The molecule has 2 rings (SSSR count). The van der Waals surface area contributed by atoms with Crippen LogP contribution in [-0.4, -0.2) is 32.2 Å². The number of anilines is 1. The Hall–Kier alpha value is -2.54. The Balaban J connectivity index is 1.67. The largest absolute Gasteiger partial charge is 0.497 e. The molecule has 0 aliphatic heterocycles. The van der Waals surface area contributed by atoms with E-state index in [1.807, 2.05) is 12.1 Å². The van der Waals surface area contributed by atoms with Crippen LogP contribution >= 0.6 is 15.9 Å². The van der Waals surface area contributed by atoms with E-state index in [0.29, 0.717) is 17.2 Å². The molecule has 0 bridgehead atoms. The molecule has 7 heteroatoms. The van der Waals surface area contributed by atoms with Crippen LogP contribution in [0.2, 0.25) is 0 Å². The van der Waals surface area contributed by atoms with Crippen LogP contribution in [0.15, 0.2) is 53.0 Å². The van der Waals surface area contributed by atoms with Gasteiger partial charge in [0.05, 0.1) is 20.1 Å². The molecule has 0 aliphatic rings. The van der Waals surface area contributed by atoms with E-state index in [2.05, 4.69) is 21.2 Å². The van der Waals surface area contributed by atoms with Gasteiger partial charge in [-0.1, -0.05) is 28.1 Å². The fourth-order valence-electron chi connectivity index (χ4n) is 1.93. The number of esters is 1. The number of nitrogens with one attached hydrogen (secondary N) is 1. The Labute approximate surface area is 154 Å². The van der Waals surface area contributed by atoms with E-state index >= 15 is 0 Å². The molecule has 2 aromatic carbocycles. The summed E-state index contributed by atoms with van der Waals surface area (Å²) in [6.45, 7) is -0.181. The van der Waals surface area contributed by atoms with Crippen molar-refractivity contribution >= 4 is 33.5 Å². The normalized spacial score (nSPS) is 10.0. The number of amides is 1. The van der Waals surface area contributed by atoms with Gasteiger partial charge in [-0.25, -0.2) is 0 Å². The van der Waals surface area contributed by atoms with Gasteiger partial charge in [0.25, 0.3) is 5.91 Å². The van der Waals surface area contributed by atoms with E-state index in [4.69, 9.17) is 14.2 Å². The highest BCUT2D eigenvalue weighted by atomic mass is 79.9. The fraction of sp³-hybridized carbons (Fsp3) is 0.222. The van der Waals surface area contributed by atoms with Gasteiger partial charge < -0.3 is 19.5 Å². The van der Waals surface area contributed by atoms with Crippen LogP contribution in [0.5, 0.6) is 11.5 Å². The number of ether oxygens (including phenoxy) is 3. The lowest BCUT2D eigenvalue weighted by Gasteiger charge is -2.08. The highest BCUT2D eigenvalue weighted by Crippen LogP contribution is 2.18. The van der Waals surface area contributed by atoms with Gasteiger partial charge in [-0.15, -0.1) is 0 Å². The molecule has 0 aromatic heterocycles. The van der Waals surface area contributed by atoms with E-state index < -0.39 is 11.9 Å². The van der Waals surface area contributed by atoms with Crippen LogP contribution in [0.4, 0.5) is 5.69 Å². The predicted octanol–water partition coefficient (Wildman–Crippen LogP) is 3.41. The number of benzene rings is 2. The number of carbonyl (C=O) groups is 2. The molecule has 0 unspecified atom stereocenters. The highest BCUT2D eigenvalue weighted by Gasteiger charge is 2.09. The number of hydrogen-bond acceptors (Lipinski definition) is 5. The fourth-order valence-corrected chi connectivity index (χ4v) is 2.30. The Morgan fingerprint density at radius 3 is 2.60 bits per heavy atom. The summed E-state index contributed by atoms with van der Waals surface area (Å²) >= 11 is 3.34. The second-order valence-electron chi connectivity index (χ2n) is 5.00. The number of hydrogen-bond donors (Lipinski definition) is 1. The van der Waals surface area contributed by atoms with Crippen molar-refractivity contribution in [3.8, 4) is 11.5 Å². The number of halogens is 1. The van der Waals surface area contributed by atoms with Crippen LogP contribution in [0.1, 0.15) is 6.42 Å². The molecule has 132 valence electrons. The van der Waals surface area contributed by atoms with E-state index in [1.165, 1.54) is 0 Å². The van der Waals surface area contributed by atoms with Crippen molar-refractivity contribution in [2.45, 2.75) is 6.42 Å². The summed E-state index contributed by atoms with van der Waals surface area (Å²) in [6.07, 6.45) is 0.0545. The summed E-state index contributed by atoms with van der Waals surface area (Å²) < 4.78 is 16.3. The molecular formula is C18H18BrNO5. The Bertz CT molecular complexity index is 735. The third-order valence-electron chi connectivity index (χ3n) is 3.09. The van der Waals surface area contributed by atoms with Gasteiger partial charge in [0, 0.05) is 16.2 Å². The summed E-state index contributed by atoms with van der Waals surface area (Å²) in [7, 11) is 1.54. The summed E-state index contributed by atoms with van der Waals surface area (Å²) in [6, 6.07) is 14.2. The first kappa shape index (κ1) is 18.8. The lowest BCUT2D eigenvalue weighted by molar-refractivity contribution is -0.147. The summed E-state index contributed by atoms with van der Waals surface area (Å²) in [5.41, 5.74) is 0.568. The van der Waals surface area contributed by atoms with Crippen molar-refractivity contribution in [3.63, 3.8) is 0 Å². The molecule has 0 atom stereocenters. The quantitative estimate of drug-likeness (QED) is 0.678. The zero-order chi connectivity index (χ0) is 18.1. The van der Waals surface area contributed by atoms with E-state index in [0.717, 1.165) is 4.47 Å². The molecule has 0 heterocycles. The van der Waals surface area contributed by atoms with Gasteiger partial charge in [-0.05, 0) is 30.3 Å². The van der Waals surface area contributed by atoms with Crippen LogP contribution in [0.25, 0.3) is 0 Å². The monoisotopic (exact) mass is 407 g/mol. The minimum absolute atomic E-state index is 0.0545. The molecule has 0 aliphatic carbocycles. The molecular weight excluding hydrogens is 390 g/mol. The van der Waals surface area contributed by atoms with Crippen LogP contribution in [0.3, 0.4) is 0 Å². The molecule has 2 aromatic rings. The van der Waals surface area contributed by atoms with Crippen molar-refractivity contribution < 1.29 is 23.8 Å². The van der Waals surface area contributed by atoms with E-state index in [1.54, 1.807) is 43.5 Å². The number of methoxy groups -OCH3 is 1. The SMILES string of the molecule is COc1cccc(NC(=O)COC(=O)CCOc2cccc(Br)c2)c1. The maximum atomic E-state index is 11.8. The minimum atomic E-state index is -0.504. The Morgan fingerprint density at radius 1 is 1.08 bits per heavy atom. The first-order chi connectivity index (χ1) is 12.1. The third kappa shape index (κ3) is 6.84. The van der Waals surface area contributed by atoms with E-state index in [9.17, 15) is 9.59 Å². The Kier molecular flexibility index (Phi) is 7.28. The number of rotatable bonds is 8. The summed E-state index contributed by atoms with van der Waals surface area (Å²) in [5.74, 6) is 0.350. The van der Waals surface area contributed by atoms with Crippen LogP contribution in [0, 0.1) is 0 Å². The van der Waals surface area contributed by atoms with Crippen molar-refractivity contribution in [2.24, 2.45) is 0 Å². The third-order valence-corrected chi connectivity index (χ3v) is 3.58. The molecule has 6 nitrogen and oxygen atoms in total. The highest BCUT2D eigenvalue weighted by molar-refractivity contribution is 9.10. The zero-order valence-electron chi connectivity index (χ0n) is 13.7. The molecule has 0 saturated carbocycles. The van der Waals surface area contributed by atoms with Gasteiger partial charge in [-0.2, -0.15) is 0 Å². The van der Waals surface area contributed by atoms with Crippen molar-refractivity contribution in [2.75, 3.05) is 25.6 Å². The molecule has 0 radical (unpaired) electrons. The van der Waals surface area contributed by atoms with Gasteiger partial charge in [-0.3, -0.25) is 9.59 Å². The molecule has 1 N–H and O–H groups in total. The second-order valence-corrected chi connectivity index (χ2v) is 5.91. The van der Waals surface area contributed by atoms with Gasteiger partial charge in [0.1, 0.15) is 11.5 Å². The topological polar surface area (TPSA) is 73.9 Å². The lowest BCUT2D eigenvalue weighted by atomic mass is 10.3. The molecule has 0 saturated heterocycles. The first-order valence-corrected chi connectivity index (χ1v) is 8.34.